The summed E-state index contributed by atoms with van der Waals surface area (Å²) in [6.07, 6.45) is -0.512. The fourth-order valence-electron chi connectivity index (χ4n) is 3.59. The Balaban J connectivity index is 2.23. The zero-order chi connectivity index (χ0) is 28.9. The molecule has 210 valence electrons. The van der Waals surface area contributed by atoms with Gasteiger partial charge in [0.05, 0.1) is 6.04 Å². The Labute approximate surface area is 230 Å². The first kappa shape index (κ1) is 31.1. The molecule has 4 amide bonds. The van der Waals surface area contributed by atoms with Gasteiger partial charge in [-0.15, -0.1) is 0 Å². The van der Waals surface area contributed by atoms with Crippen LogP contribution in [-0.4, -0.2) is 69.7 Å². The number of aliphatic carboxylic acids is 1. The number of nitrogens with one attached hydrogen (secondary N) is 3. The van der Waals surface area contributed by atoms with Gasteiger partial charge in [-0.3, -0.25) is 19.2 Å². The number of thiol groups is 1. The molecule has 2 rings (SSSR count). The third kappa shape index (κ3) is 10.7. The summed E-state index contributed by atoms with van der Waals surface area (Å²) in [7, 11) is 0. The van der Waals surface area contributed by atoms with Crippen LogP contribution in [0.25, 0.3) is 0 Å². The number of carbonyl (C=O) groups is 5. The second kappa shape index (κ2) is 15.3. The lowest BCUT2D eigenvalue weighted by atomic mass is 10.0. The Morgan fingerprint density at radius 2 is 1.28 bits per heavy atom. The number of carbonyl (C=O) groups excluding carboxylic acids is 4. The predicted molar refractivity (Wildman–Crippen MR) is 146 cm³/mol. The Morgan fingerprint density at radius 1 is 0.769 bits per heavy atom. The number of nitrogens with two attached hydrogens (primary N) is 2. The Bertz CT molecular complexity index is 1150. The molecule has 0 aliphatic carbocycles. The summed E-state index contributed by atoms with van der Waals surface area (Å²) in [4.78, 5) is 62.1. The molecule has 9 N–H and O–H groups in total. The first-order valence-electron chi connectivity index (χ1n) is 12.1. The molecule has 0 fully saturated rings. The van der Waals surface area contributed by atoms with Crippen LogP contribution in [0.3, 0.4) is 0 Å². The van der Waals surface area contributed by atoms with Crippen molar-refractivity contribution in [2.75, 3.05) is 5.75 Å². The van der Waals surface area contributed by atoms with Gasteiger partial charge in [-0.2, -0.15) is 12.6 Å². The Kier molecular flexibility index (Phi) is 12.2. The first-order chi connectivity index (χ1) is 18.5. The molecule has 2 aromatic rings. The van der Waals surface area contributed by atoms with Gasteiger partial charge >= 0.3 is 5.97 Å². The average Bonchev–Trinajstić information content (AvgIpc) is 2.91. The molecule has 2 aromatic carbocycles. The van der Waals surface area contributed by atoms with Crippen molar-refractivity contribution in [2.45, 2.75) is 49.9 Å². The maximum Gasteiger partial charge on any atom is 0.326 e. The van der Waals surface area contributed by atoms with Crippen LogP contribution in [0.15, 0.2) is 54.6 Å². The van der Waals surface area contributed by atoms with E-state index in [1.54, 1.807) is 30.3 Å². The largest absolute Gasteiger partial charge is 0.508 e. The van der Waals surface area contributed by atoms with Gasteiger partial charge in [0.2, 0.25) is 23.6 Å². The lowest BCUT2D eigenvalue weighted by molar-refractivity contribution is -0.142. The van der Waals surface area contributed by atoms with Crippen LogP contribution in [0.1, 0.15) is 24.0 Å². The number of primary amides is 1. The smallest absolute Gasteiger partial charge is 0.326 e. The Morgan fingerprint density at radius 3 is 1.85 bits per heavy atom. The summed E-state index contributed by atoms with van der Waals surface area (Å²) in [5.41, 5.74) is 12.2. The quantitative estimate of drug-likeness (QED) is 0.130. The van der Waals surface area contributed by atoms with E-state index in [-0.39, 0.29) is 37.2 Å². The van der Waals surface area contributed by atoms with Gasteiger partial charge in [0, 0.05) is 25.0 Å². The van der Waals surface area contributed by atoms with Crippen molar-refractivity contribution in [3.63, 3.8) is 0 Å². The summed E-state index contributed by atoms with van der Waals surface area (Å²) in [5, 5.41) is 26.5. The SMILES string of the molecule is NC(=O)CCC(NC(=O)C(Cc1ccccc1)NC(=O)C(N)CS)C(=O)NC(Cc1ccc(O)cc1)C(=O)O. The zero-order valence-corrected chi connectivity index (χ0v) is 22.0. The molecule has 0 heterocycles. The fourth-order valence-corrected chi connectivity index (χ4v) is 3.75. The van der Waals surface area contributed by atoms with Crippen LogP contribution >= 0.6 is 12.6 Å². The van der Waals surface area contributed by atoms with E-state index in [0.717, 1.165) is 5.56 Å². The highest BCUT2D eigenvalue weighted by Gasteiger charge is 2.30. The van der Waals surface area contributed by atoms with E-state index >= 15 is 0 Å². The second-order valence-corrected chi connectivity index (χ2v) is 9.24. The van der Waals surface area contributed by atoms with Gasteiger partial charge < -0.3 is 37.6 Å². The minimum absolute atomic E-state index is 0.00337. The molecule has 13 heteroatoms. The Hall–Kier alpha value is -4.10. The van der Waals surface area contributed by atoms with Crippen molar-refractivity contribution in [1.29, 1.82) is 0 Å². The minimum atomic E-state index is -1.37. The number of amides is 4. The standard InChI is InChI=1S/C26H33N5O7S/c27-18(14-39)23(34)30-20(12-15-4-2-1-3-5-15)25(36)29-19(10-11-22(28)33)24(35)31-21(26(37)38)13-16-6-8-17(32)9-7-16/h1-9,18-21,32,39H,10-14,27H2,(H2,28,33)(H,29,36)(H,30,34)(H,31,35)(H,37,38). The van der Waals surface area contributed by atoms with Crippen LogP contribution in [0.4, 0.5) is 0 Å². The van der Waals surface area contributed by atoms with Crippen LogP contribution in [0.2, 0.25) is 0 Å². The van der Waals surface area contributed by atoms with Gasteiger partial charge in [0.1, 0.15) is 23.9 Å². The van der Waals surface area contributed by atoms with E-state index in [2.05, 4.69) is 28.6 Å². The van der Waals surface area contributed by atoms with E-state index < -0.39 is 53.8 Å². The number of carboxylic acids is 1. The van der Waals surface area contributed by atoms with Crippen LogP contribution < -0.4 is 27.4 Å². The van der Waals surface area contributed by atoms with E-state index in [9.17, 15) is 34.2 Å². The van der Waals surface area contributed by atoms with E-state index in [1.807, 2.05) is 0 Å². The van der Waals surface area contributed by atoms with Crippen LogP contribution in [0.5, 0.6) is 5.75 Å². The highest BCUT2D eigenvalue weighted by atomic mass is 32.1. The van der Waals surface area contributed by atoms with Crippen molar-refractivity contribution in [3.8, 4) is 5.75 Å². The molecule has 0 saturated carbocycles. The summed E-state index contributed by atoms with van der Waals surface area (Å²) in [6.45, 7) is 0. The van der Waals surface area contributed by atoms with Gasteiger partial charge in [-0.25, -0.2) is 4.79 Å². The van der Waals surface area contributed by atoms with Gasteiger partial charge in [-0.1, -0.05) is 42.5 Å². The van der Waals surface area contributed by atoms with Gasteiger partial charge in [0.25, 0.3) is 0 Å². The van der Waals surface area contributed by atoms with Crippen molar-refractivity contribution in [2.24, 2.45) is 11.5 Å². The van der Waals surface area contributed by atoms with Crippen molar-refractivity contribution < 1.29 is 34.2 Å². The molecule has 0 radical (unpaired) electrons. The molecule has 39 heavy (non-hydrogen) atoms. The molecule has 0 aromatic heterocycles. The summed E-state index contributed by atoms with van der Waals surface area (Å²) in [6, 6.07) is 9.77. The van der Waals surface area contributed by atoms with Crippen molar-refractivity contribution >= 4 is 42.2 Å². The maximum absolute atomic E-state index is 13.3. The molecule has 0 saturated heterocycles. The molecule has 4 unspecified atom stereocenters. The lowest BCUT2D eigenvalue weighted by Crippen LogP contribution is -2.58. The highest BCUT2D eigenvalue weighted by molar-refractivity contribution is 7.80. The fraction of sp³-hybridized carbons (Fsp3) is 0.346. The number of benzene rings is 2. The average molecular weight is 560 g/mol. The number of carboxylic acid groups (broad SMARTS) is 1. The first-order valence-corrected chi connectivity index (χ1v) is 12.7. The molecule has 0 aliphatic heterocycles. The van der Waals surface area contributed by atoms with E-state index in [4.69, 9.17) is 11.5 Å². The van der Waals surface area contributed by atoms with Crippen LogP contribution in [0, 0.1) is 0 Å². The molecule has 0 spiro atoms. The van der Waals surface area contributed by atoms with Gasteiger partial charge in [0.15, 0.2) is 0 Å². The lowest BCUT2D eigenvalue weighted by Gasteiger charge is -2.25. The second-order valence-electron chi connectivity index (χ2n) is 8.88. The summed E-state index contributed by atoms with van der Waals surface area (Å²) < 4.78 is 0. The molecule has 0 bridgehead atoms. The number of rotatable bonds is 15. The molecular formula is C26H33N5O7S. The molecule has 12 nitrogen and oxygen atoms in total. The highest BCUT2D eigenvalue weighted by Crippen LogP contribution is 2.12. The summed E-state index contributed by atoms with van der Waals surface area (Å²) in [5.74, 6) is -4.25. The third-order valence-corrected chi connectivity index (χ3v) is 6.15. The number of hydrogen-bond donors (Lipinski definition) is 8. The number of phenols is 1. The zero-order valence-electron chi connectivity index (χ0n) is 21.1. The van der Waals surface area contributed by atoms with E-state index in [1.165, 1.54) is 24.3 Å². The topological polar surface area (TPSA) is 214 Å². The molecule has 4 atom stereocenters. The number of phenolic OH excluding ortho intramolecular Hbond substituents is 1. The maximum atomic E-state index is 13.3. The normalized spacial score (nSPS) is 13.8. The third-order valence-electron chi connectivity index (χ3n) is 5.75. The predicted octanol–water partition coefficient (Wildman–Crippen LogP) is -0.761. The van der Waals surface area contributed by atoms with Crippen molar-refractivity contribution in [1.82, 2.24) is 16.0 Å². The number of hydrogen-bond acceptors (Lipinski definition) is 8. The van der Waals surface area contributed by atoms with Crippen LogP contribution in [-0.2, 0) is 36.8 Å². The number of aromatic hydroxyl groups is 1. The summed E-state index contributed by atoms with van der Waals surface area (Å²) >= 11 is 4.00. The monoisotopic (exact) mass is 559 g/mol. The molecular weight excluding hydrogens is 526 g/mol. The van der Waals surface area contributed by atoms with E-state index in [0.29, 0.717) is 5.56 Å². The van der Waals surface area contributed by atoms with Gasteiger partial charge in [-0.05, 0) is 29.7 Å². The molecule has 0 aliphatic rings. The minimum Gasteiger partial charge on any atom is -0.508 e. The van der Waals surface area contributed by atoms with Crippen molar-refractivity contribution in [3.05, 3.63) is 65.7 Å².